The largest absolute Gasteiger partial charge is 0.488 e. The van der Waals surface area contributed by atoms with E-state index in [2.05, 4.69) is 10.3 Å². The lowest BCUT2D eigenvalue weighted by Gasteiger charge is -2.32. The van der Waals surface area contributed by atoms with E-state index in [1.54, 1.807) is 29.0 Å². The Balaban J connectivity index is 1.55. The Bertz CT molecular complexity index is 722. The Morgan fingerprint density at radius 2 is 2.40 bits per heavy atom. The van der Waals surface area contributed by atoms with Gasteiger partial charge in [-0.25, -0.2) is 9.37 Å². The second kappa shape index (κ2) is 8.40. The van der Waals surface area contributed by atoms with Crippen LogP contribution in [0.4, 0.5) is 4.39 Å². The van der Waals surface area contributed by atoms with Crippen LogP contribution in [0.1, 0.15) is 23.4 Å². The third-order valence-electron chi connectivity index (χ3n) is 4.15. The number of aryl methyl sites for hydroxylation is 2. The van der Waals surface area contributed by atoms with Crippen molar-refractivity contribution in [3.05, 3.63) is 46.2 Å². The highest BCUT2D eigenvalue weighted by Gasteiger charge is 2.29. The van der Waals surface area contributed by atoms with Gasteiger partial charge in [-0.15, -0.1) is 11.3 Å². The molecule has 2 heterocycles. The molecule has 0 bridgehead atoms. The number of nitrogens with zero attached hydrogens (tertiary/aromatic N) is 1. The van der Waals surface area contributed by atoms with Crippen molar-refractivity contribution in [3.8, 4) is 5.75 Å². The molecule has 0 radical (unpaired) electrons. The molecule has 134 valence electrons. The van der Waals surface area contributed by atoms with Gasteiger partial charge in [-0.05, 0) is 25.5 Å². The zero-order valence-electron chi connectivity index (χ0n) is 14.0. The van der Waals surface area contributed by atoms with Gasteiger partial charge in [0.1, 0.15) is 17.7 Å². The van der Waals surface area contributed by atoms with Crippen LogP contribution in [-0.4, -0.2) is 36.3 Å². The summed E-state index contributed by atoms with van der Waals surface area (Å²) in [5.41, 5.74) is 2.77. The maximum atomic E-state index is 13.3. The van der Waals surface area contributed by atoms with E-state index in [9.17, 15) is 9.18 Å². The molecule has 25 heavy (non-hydrogen) atoms. The minimum Gasteiger partial charge on any atom is -0.488 e. The van der Waals surface area contributed by atoms with Gasteiger partial charge in [0.05, 0.1) is 30.5 Å². The van der Waals surface area contributed by atoms with Crippen LogP contribution < -0.4 is 10.1 Å². The number of aromatic nitrogens is 1. The SMILES string of the molecule is Cc1ncsc1CCC(=O)N[C@@H]1COCC[C@@H]1Oc1cccc(F)c1. The normalized spacial score (nSPS) is 20.2. The van der Waals surface area contributed by atoms with E-state index >= 15 is 0 Å². The highest BCUT2D eigenvalue weighted by atomic mass is 32.1. The number of carbonyl (C=O) groups is 1. The molecule has 0 saturated carbocycles. The summed E-state index contributed by atoms with van der Waals surface area (Å²) in [7, 11) is 0. The van der Waals surface area contributed by atoms with Crippen molar-refractivity contribution >= 4 is 17.2 Å². The summed E-state index contributed by atoms with van der Waals surface area (Å²) in [6.07, 6.45) is 1.48. The van der Waals surface area contributed by atoms with E-state index in [0.717, 1.165) is 10.6 Å². The van der Waals surface area contributed by atoms with Crippen molar-refractivity contribution < 1.29 is 18.7 Å². The second-order valence-electron chi connectivity index (χ2n) is 6.01. The topological polar surface area (TPSA) is 60.5 Å². The Morgan fingerprint density at radius 1 is 1.52 bits per heavy atom. The number of rotatable bonds is 6. The number of carbonyl (C=O) groups excluding carboxylic acids is 1. The quantitative estimate of drug-likeness (QED) is 0.856. The molecular weight excluding hydrogens is 343 g/mol. The van der Waals surface area contributed by atoms with E-state index < -0.39 is 0 Å². The molecular formula is C18H21FN2O3S. The minimum atomic E-state index is -0.343. The van der Waals surface area contributed by atoms with Crippen molar-refractivity contribution in [2.24, 2.45) is 0 Å². The summed E-state index contributed by atoms with van der Waals surface area (Å²) >= 11 is 1.57. The highest BCUT2D eigenvalue weighted by molar-refractivity contribution is 7.09. The number of thiazole rings is 1. The molecule has 3 rings (SSSR count). The lowest BCUT2D eigenvalue weighted by atomic mass is 10.1. The first kappa shape index (κ1) is 17.8. The number of halogens is 1. The average Bonchev–Trinajstić information content (AvgIpc) is 3.00. The van der Waals surface area contributed by atoms with E-state index in [1.165, 1.54) is 12.1 Å². The zero-order valence-corrected chi connectivity index (χ0v) is 14.9. The second-order valence-corrected chi connectivity index (χ2v) is 6.95. The number of hydrogen-bond donors (Lipinski definition) is 1. The van der Waals surface area contributed by atoms with Gasteiger partial charge in [-0.2, -0.15) is 0 Å². The number of ether oxygens (including phenoxy) is 2. The van der Waals surface area contributed by atoms with Gasteiger partial charge in [0, 0.05) is 23.8 Å². The van der Waals surface area contributed by atoms with Crippen LogP contribution in [-0.2, 0) is 16.0 Å². The van der Waals surface area contributed by atoms with E-state index in [-0.39, 0.29) is 23.9 Å². The first-order valence-electron chi connectivity index (χ1n) is 8.30. The fourth-order valence-electron chi connectivity index (χ4n) is 2.78. The van der Waals surface area contributed by atoms with Crippen molar-refractivity contribution in [1.29, 1.82) is 0 Å². The van der Waals surface area contributed by atoms with Crippen LogP contribution >= 0.6 is 11.3 Å². The van der Waals surface area contributed by atoms with Crippen molar-refractivity contribution in [1.82, 2.24) is 10.3 Å². The van der Waals surface area contributed by atoms with Gasteiger partial charge in [0.2, 0.25) is 5.91 Å². The molecule has 5 nitrogen and oxygen atoms in total. The number of benzene rings is 1. The fourth-order valence-corrected chi connectivity index (χ4v) is 3.56. The summed E-state index contributed by atoms with van der Waals surface area (Å²) in [5, 5.41) is 2.99. The molecule has 1 N–H and O–H groups in total. The van der Waals surface area contributed by atoms with Gasteiger partial charge in [0.25, 0.3) is 0 Å². The van der Waals surface area contributed by atoms with E-state index in [0.29, 0.717) is 38.2 Å². The highest BCUT2D eigenvalue weighted by Crippen LogP contribution is 2.20. The molecule has 7 heteroatoms. The third kappa shape index (κ3) is 4.99. The van der Waals surface area contributed by atoms with Crippen molar-refractivity contribution in [3.63, 3.8) is 0 Å². The Labute approximate surface area is 150 Å². The van der Waals surface area contributed by atoms with Crippen LogP contribution in [0.15, 0.2) is 29.8 Å². The number of hydrogen-bond acceptors (Lipinski definition) is 5. The summed E-state index contributed by atoms with van der Waals surface area (Å²) in [5.74, 6) is 0.0765. The molecule has 1 aromatic carbocycles. The minimum absolute atomic E-state index is 0.0452. The molecule has 2 aromatic rings. The van der Waals surface area contributed by atoms with E-state index in [4.69, 9.17) is 9.47 Å². The molecule has 0 unspecified atom stereocenters. The van der Waals surface area contributed by atoms with Crippen molar-refractivity contribution in [2.75, 3.05) is 13.2 Å². The lowest BCUT2D eigenvalue weighted by Crippen LogP contribution is -2.51. The molecule has 1 aliphatic heterocycles. The van der Waals surface area contributed by atoms with Crippen LogP contribution in [0.2, 0.25) is 0 Å². The first-order valence-corrected chi connectivity index (χ1v) is 9.18. The Kier molecular flexibility index (Phi) is 5.99. The summed E-state index contributed by atoms with van der Waals surface area (Å²) < 4.78 is 24.7. The van der Waals surface area contributed by atoms with Gasteiger partial charge >= 0.3 is 0 Å². The van der Waals surface area contributed by atoms with Gasteiger partial charge in [-0.3, -0.25) is 4.79 Å². The first-order chi connectivity index (χ1) is 12.1. The maximum absolute atomic E-state index is 13.3. The summed E-state index contributed by atoms with van der Waals surface area (Å²) in [6, 6.07) is 5.80. The zero-order chi connectivity index (χ0) is 17.6. The van der Waals surface area contributed by atoms with Crippen molar-refractivity contribution in [2.45, 2.75) is 38.3 Å². The molecule has 1 fully saturated rings. The smallest absolute Gasteiger partial charge is 0.220 e. The molecule has 0 aliphatic carbocycles. The number of amides is 1. The summed E-state index contributed by atoms with van der Waals surface area (Å²) in [6.45, 7) is 2.90. The molecule has 0 spiro atoms. The lowest BCUT2D eigenvalue weighted by molar-refractivity contribution is -0.124. The molecule has 1 amide bonds. The Morgan fingerprint density at radius 3 is 3.16 bits per heavy atom. The predicted molar refractivity (Wildman–Crippen MR) is 93.4 cm³/mol. The summed E-state index contributed by atoms with van der Waals surface area (Å²) in [4.78, 5) is 17.6. The van der Waals surface area contributed by atoms with Crippen LogP contribution in [0.25, 0.3) is 0 Å². The Hall–Kier alpha value is -1.99. The maximum Gasteiger partial charge on any atom is 0.220 e. The molecule has 2 atom stereocenters. The average molecular weight is 364 g/mol. The van der Waals surface area contributed by atoms with Crippen LogP contribution in [0.5, 0.6) is 5.75 Å². The van der Waals surface area contributed by atoms with Crippen LogP contribution in [0, 0.1) is 12.7 Å². The molecule has 1 aliphatic rings. The van der Waals surface area contributed by atoms with Gasteiger partial charge in [0.15, 0.2) is 0 Å². The van der Waals surface area contributed by atoms with E-state index in [1.807, 2.05) is 6.92 Å². The molecule has 1 saturated heterocycles. The van der Waals surface area contributed by atoms with Crippen LogP contribution in [0.3, 0.4) is 0 Å². The number of nitrogens with one attached hydrogen (secondary N) is 1. The standard InChI is InChI=1S/C18H21FN2O3S/c1-12-17(25-11-20-12)5-6-18(22)21-15-10-23-8-7-16(15)24-14-4-2-3-13(19)9-14/h2-4,9,11,15-16H,5-8,10H2,1H3,(H,21,22)/t15-,16+/m1/s1. The van der Waals surface area contributed by atoms with Gasteiger partial charge < -0.3 is 14.8 Å². The third-order valence-corrected chi connectivity index (χ3v) is 5.14. The fraction of sp³-hybridized carbons (Fsp3) is 0.444. The monoisotopic (exact) mass is 364 g/mol. The molecule has 1 aromatic heterocycles. The van der Waals surface area contributed by atoms with Gasteiger partial charge in [-0.1, -0.05) is 6.07 Å². The predicted octanol–water partition coefficient (Wildman–Crippen LogP) is 2.88.